The quantitative estimate of drug-likeness (QED) is 0.575. The zero-order chi connectivity index (χ0) is 13.8. The van der Waals surface area contributed by atoms with E-state index < -0.39 is 0 Å². The molecule has 0 fully saturated rings. The van der Waals surface area contributed by atoms with Gasteiger partial charge < -0.3 is 0 Å². The van der Waals surface area contributed by atoms with Crippen molar-refractivity contribution in [3.8, 4) is 0 Å². The van der Waals surface area contributed by atoms with Gasteiger partial charge in [-0.15, -0.1) is 11.8 Å². The smallest absolute Gasteiger partial charge is 0.173 e. The van der Waals surface area contributed by atoms with Gasteiger partial charge in [0.25, 0.3) is 0 Å². The van der Waals surface area contributed by atoms with E-state index in [2.05, 4.69) is 48.0 Å². The molecule has 0 radical (unpaired) electrons. The molecule has 1 nitrogen and oxygen atoms in total. The molecule has 19 heavy (non-hydrogen) atoms. The van der Waals surface area contributed by atoms with Crippen LogP contribution in [0.25, 0.3) is 0 Å². The SMILES string of the molecule is Cc1ccc(SCC(=O)c2cccc(Br)c2)cc1C. The number of halogens is 1. The van der Waals surface area contributed by atoms with E-state index in [-0.39, 0.29) is 5.78 Å². The number of Topliss-reactive ketones (excluding diaryl/α,β-unsaturated/α-hetero) is 1. The standard InChI is InChI=1S/C16H15BrOS/c1-11-6-7-15(8-12(11)2)19-10-16(18)13-4-3-5-14(17)9-13/h3-9H,10H2,1-2H3. The number of benzene rings is 2. The van der Waals surface area contributed by atoms with Crippen LogP contribution in [0.4, 0.5) is 0 Å². The number of aryl methyl sites for hydroxylation is 2. The van der Waals surface area contributed by atoms with Crippen LogP contribution in [-0.2, 0) is 0 Å². The van der Waals surface area contributed by atoms with Gasteiger partial charge in [0.05, 0.1) is 5.75 Å². The first kappa shape index (κ1) is 14.4. The minimum absolute atomic E-state index is 0.157. The van der Waals surface area contributed by atoms with E-state index in [0.717, 1.165) is 14.9 Å². The highest BCUT2D eigenvalue weighted by Crippen LogP contribution is 2.22. The van der Waals surface area contributed by atoms with Gasteiger partial charge in [-0.05, 0) is 49.2 Å². The maximum atomic E-state index is 12.1. The Morgan fingerprint density at radius 2 is 1.89 bits per heavy atom. The lowest BCUT2D eigenvalue weighted by Crippen LogP contribution is -2.02. The van der Waals surface area contributed by atoms with E-state index in [1.165, 1.54) is 11.1 Å². The number of carbonyl (C=O) groups excluding carboxylic acids is 1. The van der Waals surface area contributed by atoms with E-state index in [4.69, 9.17) is 0 Å². The Bertz CT molecular complexity index is 607. The molecule has 0 spiro atoms. The summed E-state index contributed by atoms with van der Waals surface area (Å²) < 4.78 is 0.939. The van der Waals surface area contributed by atoms with Crippen molar-refractivity contribution >= 4 is 33.5 Å². The van der Waals surface area contributed by atoms with Gasteiger partial charge in [-0.2, -0.15) is 0 Å². The first-order chi connectivity index (χ1) is 9.06. The molecule has 0 aliphatic carbocycles. The van der Waals surface area contributed by atoms with Crippen molar-refractivity contribution in [2.45, 2.75) is 18.7 Å². The minimum atomic E-state index is 0.157. The number of hydrogen-bond acceptors (Lipinski definition) is 2. The number of rotatable bonds is 4. The van der Waals surface area contributed by atoms with E-state index in [1.807, 2.05) is 24.3 Å². The number of thioether (sulfide) groups is 1. The molecule has 0 bridgehead atoms. The predicted octanol–water partition coefficient (Wildman–Crippen LogP) is 5.04. The summed E-state index contributed by atoms with van der Waals surface area (Å²) in [6.45, 7) is 4.19. The lowest BCUT2D eigenvalue weighted by molar-refractivity contribution is 0.102. The second-order valence-electron chi connectivity index (χ2n) is 4.47. The van der Waals surface area contributed by atoms with E-state index in [0.29, 0.717) is 5.75 Å². The summed E-state index contributed by atoms with van der Waals surface area (Å²) in [7, 11) is 0. The van der Waals surface area contributed by atoms with Crippen LogP contribution in [0, 0.1) is 13.8 Å². The fraction of sp³-hybridized carbons (Fsp3) is 0.188. The third-order valence-corrected chi connectivity index (χ3v) is 4.48. The van der Waals surface area contributed by atoms with Crippen LogP contribution < -0.4 is 0 Å². The van der Waals surface area contributed by atoms with Crippen LogP contribution >= 0.6 is 27.7 Å². The largest absolute Gasteiger partial charge is 0.293 e. The lowest BCUT2D eigenvalue weighted by atomic mass is 10.1. The van der Waals surface area contributed by atoms with Crippen LogP contribution in [0.1, 0.15) is 21.5 Å². The lowest BCUT2D eigenvalue weighted by Gasteiger charge is -2.05. The van der Waals surface area contributed by atoms with Crippen molar-refractivity contribution in [2.24, 2.45) is 0 Å². The van der Waals surface area contributed by atoms with E-state index in [1.54, 1.807) is 11.8 Å². The molecule has 0 aliphatic rings. The van der Waals surface area contributed by atoms with Crippen LogP contribution in [0.2, 0.25) is 0 Å². The van der Waals surface area contributed by atoms with Gasteiger partial charge in [-0.1, -0.05) is 34.1 Å². The van der Waals surface area contributed by atoms with E-state index in [9.17, 15) is 4.79 Å². The third kappa shape index (κ3) is 3.95. The van der Waals surface area contributed by atoms with Crippen molar-refractivity contribution in [3.63, 3.8) is 0 Å². The molecule has 0 aromatic heterocycles. The topological polar surface area (TPSA) is 17.1 Å². The van der Waals surface area contributed by atoms with Crippen molar-refractivity contribution in [1.82, 2.24) is 0 Å². The zero-order valence-corrected chi connectivity index (χ0v) is 13.3. The Hall–Kier alpha value is -1.06. The zero-order valence-electron chi connectivity index (χ0n) is 10.9. The van der Waals surface area contributed by atoms with Gasteiger partial charge in [-0.3, -0.25) is 4.79 Å². The maximum Gasteiger partial charge on any atom is 0.173 e. The molecule has 3 heteroatoms. The summed E-state index contributed by atoms with van der Waals surface area (Å²) in [6.07, 6.45) is 0. The predicted molar refractivity (Wildman–Crippen MR) is 85.1 cm³/mol. The fourth-order valence-corrected chi connectivity index (χ4v) is 2.99. The van der Waals surface area contributed by atoms with Crippen LogP contribution in [0.5, 0.6) is 0 Å². The number of ketones is 1. The normalized spacial score (nSPS) is 10.5. The molecule has 0 aliphatic heterocycles. The van der Waals surface area contributed by atoms with Gasteiger partial charge in [-0.25, -0.2) is 0 Å². The van der Waals surface area contributed by atoms with Crippen LogP contribution in [0.15, 0.2) is 51.8 Å². The molecular formula is C16H15BrOS. The van der Waals surface area contributed by atoms with Gasteiger partial charge in [0.15, 0.2) is 5.78 Å². The molecule has 0 atom stereocenters. The summed E-state index contributed by atoms with van der Waals surface area (Å²) in [5, 5.41) is 0. The van der Waals surface area contributed by atoms with Crippen molar-refractivity contribution in [3.05, 3.63) is 63.6 Å². The van der Waals surface area contributed by atoms with Crippen LogP contribution in [-0.4, -0.2) is 11.5 Å². The summed E-state index contributed by atoms with van der Waals surface area (Å²) in [5.41, 5.74) is 3.30. The minimum Gasteiger partial charge on any atom is -0.293 e. The number of carbonyl (C=O) groups is 1. The molecule has 0 N–H and O–H groups in total. The van der Waals surface area contributed by atoms with Gasteiger partial charge >= 0.3 is 0 Å². The highest BCUT2D eigenvalue weighted by Gasteiger charge is 2.07. The summed E-state index contributed by atoms with van der Waals surface area (Å²) >= 11 is 4.97. The molecule has 2 aromatic carbocycles. The molecule has 0 heterocycles. The average Bonchev–Trinajstić information content (AvgIpc) is 2.40. The van der Waals surface area contributed by atoms with Crippen molar-refractivity contribution < 1.29 is 4.79 Å². The Morgan fingerprint density at radius 3 is 2.58 bits per heavy atom. The fourth-order valence-electron chi connectivity index (χ4n) is 1.70. The average molecular weight is 335 g/mol. The summed E-state index contributed by atoms with van der Waals surface area (Å²) in [4.78, 5) is 13.2. The first-order valence-corrected chi connectivity index (χ1v) is 7.83. The van der Waals surface area contributed by atoms with E-state index >= 15 is 0 Å². The second kappa shape index (κ2) is 6.40. The Balaban J connectivity index is 2.02. The first-order valence-electron chi connectivity index (χ1n) is 6.05. The summed E-state index contributed by atoms with van der Waals surface area (Å²) in [6, 6.07) is 13.8. The molecule has 0 saturated carbocycles. The Labute approximate surface area is 126 Å². The molecule has 98 valence electrons. The van der Waals surface area contributed by atoms with Crippen molar-refractivity contribution in [1.29, 1.82) is 0 Å². The molecule has 0 saturated heterocycles. The molecule has 2 aromatic rings. The molecule has 0 amide bonds. The Kier molecular flexibility index (Phi) is 4.83. The maximum absolute atomic E-state index is 12.1. The van der Waals surface area contributed by atoms with Gasteiger partial charge in [0.2, 0.25) is 0 Å². The monoisotopic (exact) mass is 334 g/mol. The van der Waals surface area contributed by atoms with Crippen LogP contribution in [0.3, 0.4) is 0 Å². The highest BCUT2D eigenvalue weighted by molar-refractivity contribution is 9.10. The Morgan fingerprint density at radius 1 is 1.11 bits per heavy atom. The third-order valence-electron chi connectivity index (χ3n) is 2.99. The summed E-state index contributed by atoms with van der Waals surface area (Å²) in [5.74, 6) is 0.628. The number of hydrogen-bond donors (Lipinski definition) is 0. The molecule has 0 unspecified atom stereocenters. The highest BCUT2D eigenvalue weighted by atomic mass is 79.9. The van der Waals surface area contributed by atoms with Crippen molar-refractivity contribution in [2.75, 3.05) is 5.75 Å². The molecular weight excluding hydrogens is 320 g/mol. The van der Waals surface area contributed by atoms with Gasteiger partial charge in [0.1, 0.15) is 0 Å². The van der Waals surface area contributed by atoms with Gasteiger partial charge in [0, 0.05) is 14.9 Å². The second-order valence-corrected chi connectivity index (χ2v) is 6.43. The molecule has 2 rings (SSSR count).